The lowest BCUT2D eigenvalue weighted by Crippen LogP contribution is -2.40. The SMILES string of the molecule is CC1(C)O[C@@H]2[C@H](O1)[C@H](C[C@H](O)c1nccs1)O[C@@H]2[C@@H]1COC(C)(C)O1. The molecule has 7 nitrogen and oxygen atoms in total. The first-order valence-electron chi connectivity index (χ1n) is 8.64. The van der Waals surface area contributed by atoms with E-state index in [4.69, 9.17) is 23.7 Å². The van der Waals surface area contributed by atoms with E-state index in [1.807, 2.05) is 33.1 Å². The average Bonchev–Trinajstić information content (AvgIpc) is 3.24. The molecule has 25 heavy (non-hydrogen) atoms. The maximum atomic E-state index is 10.5. The highest BCUT2D eigenvalue weighted by Crippen LogP contribution is 2.44. The van der Waals surface area contributed by atoms with E-state index in [0.717, 1.165) is 0 Å². The molecule has 0 aliphatic carbocycles. The number of hydrogen-bond donors (Lipinski definition) is 1. The number of aliphatic hydroxyl groups excluding tert-OH is 1. The molecular formula is C17H25NO6S. The number of hydrogen-bond acceptors (Lipinski definition) is 8. The second kappa shape index (κ2) is 6.23. The molecule has 140 valence electrons. The van der Waals surface area contributed by atoms with Gasteiger partial charge in [0.05, 0.1) is 12.7 Å². The Morgan fingerprint density at radius 1 is 1.16 bits per heavy atom. The summed E-state index contributed by atoms with van der Waals surface area (Å²) in [6.45, 7) is 8.02. The molecule has 0 bridgehead atoms. The van der Waals surface area contributed by atoms with E-state index >= 15 is 0 Å². The molecule has 0 radical (unpaired) electrons. The van der Waals surface area contributed by atoms with Crippen LogP contribution in [-0.2, 0) is 23.7 Å². The lowest BCUT2D eigenvalue weighted by Gasteiger charge is -2.27. The summed E-state index contributed by atoms with van der Waals surface area (Å²) in [4.78, 5) is 4.18. The second-order valence-electron chi connectivity index (χ2n) is 7.69. The van der Waals surface area contributed by atoms with Gasteiger partial charge >= 0.3 is 0 Å². The van der Waals surface area contributed by atoms with Gasteiger partial charge in [0.25, 0.3) is 0 Å². The summed E-state index contributed by atoms with van der Waals surface area (Å²) in [6, 6.07) is 0. The Kier molecular flexibility index (Phi) is 4.43. The van der Waals surface area contributed by atoms with Crippen molar-refractivity contribution in [3.63, 3.8) is 0 Å². The molecule has 0 amide bonds. The zero-order chi connectivity index (χ0) is 17.8. The van der Waals surface area contributed by atoms with Gasteiger partial charge in [0.15, 0.2) is 11.6 Å². The van der Waals surface area contributed by atoms with Crippen molar-refractivity contribution >= 4 is 11.3 Å². The number of rotatable bonds is 4. The van der Waals surface area contributed by atoms with Crippen LogP contribution in [0.3, 0.4) is 0 Å². The molecule has 8 heteroatoms. The maximum absolute atomic E-state index is 10.5. The van der Waals surface area contributed by atoms with Gasteiger partial charge in [-0.25, -0.2) is 4.98 Å². The average molecular weight is 371 g/mol. The van der Waals surface area contributed by atoms with Crippen molar-refractivity contribution < 1.29 is 28.8 Å². The summed E-state index contributed by atoms with van der Waals surface area (Å²) < 4.78 is 30.1. The van der Waals surface area contributed by atoms with Crippen LogP contribution in [0, 0.1) is 0 Å². The van der Waals surface area contributed by atoms with Gasteiger partial charge in [-0.2, -0.15) is 0 Å². The molecule has 4 heterocycles. The summed E-state index contributed by atoms with van der Waals surface area (Å²) in [5.41, 5.74) is 0. The van der Waals surface area contributed by atoms with E-state index in [2.05, 4.69) is 4.98 Å². The van der Waals surface area contributed by atoms with E-state index in [1.165, 1.54) is 11.3 Å². The molecule has 1 N–H and O–H groups in total. The van der Waals surface area contributed by atoms with Crippen LogP contribution in [0.4, 0.5) is 0 Å². The Bertz CT molecular complexity index is 606. The van der Waals surface area contributed by atoms with Crippen LogP contribution in [0.1, 0.15) is 45.2 Å². The third kappa shape index (κ3) is 3.49. The van der Waals surface area contributed by atoms with Crippen LogP contribution in [-0.4, -0.2) is 58.8 Å². The first-order valence-corrected chi connectivity index (χ1v) is 9.52. The number of aromatic nitrogens is 1. The zero-order valence-corrected chi connectivity index (χ0v) is 15.7. The van der Waals surface area contributed by atoms with Gasteiger partial charge < -0.3 is 28.8 Å². The maximum Gasteiger partial charge on any atom is 0.164 e. The van der Waals surface area contributed by atoms with Crippen molar-refractivity contribution in [1.29, 1.82) is 0 Å². The molecule has 0 unspecified atom stereocenters. The van der Waals surface area contributed by atoms with Crippen LogP contribution in [0.25, 0.3) is 0 Å². The highest BCUT2D eigenvalue weighted by Gasteiger charge is 2.59. The Morgan fingerprint density at radius 3 is 2.56 bits per heavy atom. The number of fused-ring (bicyclic) bond motifs is 1. The molecule has 1 aromatic heterocycles. The number of thiazole rings is 1. The summed E-state index contributed by atoms with van der Waals surface area (Å²) in [5, 5.41) is 13.0. The van der Waals surface area contributed by atoms with Crippen molar-refractivity contribution in [3.05, 3.63) is 16.6 Å². The molecule has 3 saturated heterocycles. The normalized spacial score (nSPS) is 40.3. The summed E-state index contributed by atoms with van der Waals surface area (Å²) in [5.74, 6) is -1.31. The fourth-order valence-corrected chi connectivity index (χ4v) is 4.44. The Morgan fingerprint density at radius 2 is 1.92 bits per heavy atom. The predicted molar refractivity (Wildman–Crippen MR) is 89.1 cm³/mol. The Labute approximate surface area is 151 Å². The van der Waals surface area contributed by atoms with E-state index in [-0.39, 0.29) is 30.5 Å². The van der Waals surface area contributed by atoms with Crippen LogP contribution in [0.5, 0.6) is 0 Å². The van der Waals surface area contributed by atoms with Crippen molar-refractivity contribution in [2.75, 3.05) is 6.61 Å². The van der Waals surface area contributed by atoms with Crippen molar-refractivity contribution in [1.82, 2.24) is 4.98 Å². The van der Waals surface area contributed by atoms with Gasteiger partial charge in [-0.1, -0.05) is 0 Å². The van der Waals surface area contributed by atoms with Crippen molar-refractivity contribution in [3.8, 4) is 0 Å². The molecular weight excluding hydrogens is 346 g/mol. The fourth-order valence-electron chi connectivity index (χ4n) is 3.80. The van der Waals surface area contributed by atoms with Gasteiger partial charge in [-0.05, 0) is 27.7 Å². The zero-order valence-electron chi connectivity index (χ0n) is 14.9. The standard InChI is InChI=1S/C17H25NO6S/c1-16(2)20-8-11(22-16)12-14-13(23-17(3,4)24-14)10(21-12)7-9(19)15-18-5-6-25-15/h5-6,9-14,19H,7-8H2,1-4H3/t9-,10-,11-,12+,13+,14-/m0/s1. The molecule has 4 rings (SSSR count). The predicted octanol–water partition coefficient (Wildman–Crippen LogP) is 2.01. The van der Waals surface area contributed by atoms with Crippen molar-refractivity contribution in [2.45, 2.75) is 82.3 Å². The summed E-state index contributed by atoms with van der Waals surface area (Å²) >= 11 is 1.43. The van der Waals surface area contributed by atoms with Gasteiger partial charge in [-0.3, -0.25) is 0 Å². The lowest BCUT2D eigenvalue weighted by atomic mass is 10.0. The van der Waals surface area contributed by atoms with E-state index in [9.17, 15) is 5.11 Å². The first kappa shape index (κ1) is 17.8. The molecule has 0 spiro atoms. The Balaban J connectivity index is 1.50. The Hall–Kier alpha value is -0.610. The highest BCUT2D eigenvalue weighted by molar-refractivity contribution is 7.09. The molecule has 6 atom stereocenters. The van der Waals surface area contributed by atoms with E-state index in [0.29, 0.717) is 18.0 Å². The number of aliphatic hydroxyl groups is 1. The minimum Gasteiger partial charge on any atom is -0.386 e. The third-order valence-electron chi connectivity index (χ3n) is 4.77. The summed E-state index contributed by atoms with van der Waals surface area (Å²) in [6.07, 6.45) is 0.115. The largest absolute Gasteiger partial charge is 0.386 e. The van der Waals surface area contributed by atoms with Gasteiger partial charge in [0.1, 0.15) is 35.5 Å². The van der Waals surface area contributed by atoms with Crippen molar-refractivity contribution in [2.24, 2.45) is 0 Å². The topological polar surface area (TPSA) is 79.3 Å². The number of nitrogens with zero attached hydrogens (tertiary/aromatic N) is 1. The first-order chi connectivity index (χ1) is 11.7. The van der Waals surface area contributed by atoms with E-state index < -0.39 is 17.7 Å². The molecule has 0 aromatic carbocycles. The van der Waals surface area contributed by atoms with Crippen LogP contribution in [0.15, 0.2) is 11.6 Å². The van der Waals surface area contributed by atoms with Crippen LogP contribution in [0.2, 0.25) is 0 Å². The molecule has 0 saturated carbocycles. The van der Waals surface area contributed by atoms with E-state index in [1.54, 1.807) is 6.20 Å². The van der Waals surface area contributed by atoms with Gasteiger partial charge in [0, 0.05) is 18.0 Å². The van der Waals surface area contributed by atoms with Gasteiger partial charge in [-0.15, -0.1) is 11.3 Å². The van der Waals surface area contributed by atoms with Crippen LogP contribution < -0.4 is 0 Å². The molecule has 3 aliphatic heterocycles. The molecule has 1 aromatic rings. The quantitative estimate of drug-likeness (QED) is 0.867. The molecule has 3 fully saturated rings. The second-order valence-corrected chi connectivity index (χ2v) is 8.62. The third-order valence-corrected chi connectivity index (χ3v) is 5.65. The lowest BCUT2D eigenvalue weighted by molar-refractivity contribution is -0.208. The monoisotopic (exact) mass is 371 g/mol. The summed E-state index contributed by atoms with van der Waals surface area (Å²) in [7, 11) is 0. The van der Waals surface area contributed by atoms with Crippen LogP contribution >= 0.6 is 11.3 Å². The minimum absolute atomic E-state index is 0.220. The number of ether oxygens (including phenoxy) is 5. The fraction of sp³-hybridized carbons (Fsp3) is 0.824. The van der Waals surface area contributed by atoms with Gasteiger partial charge in [0.2, 0.25) is 0 Å². The minimum atomic E-state index is -0.686. The highest BCUT2D eigenvalue weighted by atomic mass is 32.1. The smallest absolute Gasteiger partial charge is 0.164 e. The molecule has 3 aliphatic rings.